The van der Waals surface area contributed by atoms with Gasteiger partial charge in [-0.2, -0.15) is 0 Å². The Bertz CT molecular complexity index is 1080. The van der Waals surface area contributed by atoms with E-state index >= 15 is 0 Å². The van der Waals surface area contributed by atoms with Gasteiger partial charge in [-0.3, -0.25) is 4.79 Å². The second-order valence-electron chi connectivity index (χ2n) is 9.79. The van der Waals surface area contributed by atoms with Crippen LogP contribution in [0.4, 0.5) is 5.69 Å². The van der Waals surface area contributed by atoms with Crippen molar-refractivity contribution in [3.63, 3.8) is 0 Å². The molecule has 0 aromatic heterocycles. The number of benzene rings is 2. The molecule has 7 heteroatoms. The van der Waals surface area contributed by atoms with Crippen LogP contribution in [0.3, 0.4) is 0 Å². The summed E-state index contributed by atoms with van der Waals surface area (Å²) >= 11 is 0. The number of piperidine rings is 1. The van der Waals surface area contributed by atoms with Crippen molar-refractivity contribution in [2.75, 3.05) is 38.0 Å². The Labute approximate surface area is 254 Å². The number of amidine groups is 1. The minimum Gasteiger partial charge on any atom is -0.383 e. The van der Waals surface area contributed by atoms with Crippen LogP contribution in [0, 0.1) is 6.92 Å². The first-order valence-corrected chi connectivity index (χ1v) is 14.7. The van der Waals surface area contributed by atoms with Crippen LogP contribution in [-0.2, 0) is 9.59 Å². The Morgan fingerprint density at radius 3 is 2.07 bits per heavy atom. The SMILES string of the molecule is C=C.C=C(C(=O)Nc1ccccc1)C(N)=N/C=C(\C)c1ccc(C)cc1.C=O.CCCN1CCC(N(CC)CC)CC1. The zero-order valence-corrected chi connectivity index (χ0v) is 26.6. The molecular weight excluding hydrogens is 522 g/mol. The summed E-state index contributed by atoms with van der Waals surface area (Å²) in [6.45, 7) is 28.9. The molecule has 1 saturated heterocycles. The predicted octanol–water partition coefficient (Wildman–Crippen LogP) is 6.73. The van der Waals surface area contributed by atoms with Gasteiger partial charge in [-0.1, -0.05) is 75.4 Å². The number of nitrogens with one attached hydrogen (secondary N) is 1. The second kappa shape index (κ2) is 22.8. The number of para-hydroxylation sites is 1. The molecule has 1 aliphatic heterocycles. The van der Waals surface area contributed by atoms with Crippen LogP contribution in [0.1, 0.15) is 58.1 Å². The topological polar surface area (TPSA) is 91.0 Å². The van der Waals surface area contributed by atoms with Crippen LogP contribution in [0.2, 0.25) is 0 Å². The van der Waals surface area contributed by atoms with Gasteiger partial charge in [0.05, 0.1) is 5.57 Å². The Morgan fingerprint density at radius 2 is 1.57 bits per heavy atom. The largest absolute Gasteiger partial charge is 0.383 e. The Kier molecular flexibility index (Phi) is 20.8. The highest BCUT2D eigenvalue weighted by Gasteiger charge is 2.21. The summed E-state index contributed by atoms with van der Waals surface area (Å²) in [4.78, 5) is 29.5. The maximum Gasteiger partial charge on any atom is 0.258 e. The first-order chi connectivity index (χ1) is 20.3. The normalized spacial score (nSPS) is 13.9. The molecule has 2 aromatic carbocycles. The van der Waals surface area contributed by atoms with E-state index in [0.29, 0.717) is 5.69 Å². The maximum absolute atomic E-state index is 12.1. The number of carbonyl (C=O) groups excluding carboxylic acids is 2. The Hall–Kier alpha value is -3.81. The average Bonchev–Trinajstić information content (AvgIpc) is 3.04. The van der Waals surface area contributed by atoms with Crippen LogP contribution >= 0.6 is 0 Å². The standard InChI is InChI=1S/C20H21N3O.C12H26N2.C2H4.CH2O/c1-14-9-11-17(12-10-14)15(2)13-22-19(21)16(3)20(24)23-18-7-5-4-6-8-18;1-4-9-13-10-7-12(8-11-13)14(5-2)6-3;2*1-2/h4-13H,3H2,1-2H3,(H2,21,22)(H,23,24);12H,4-11H2,1-3H3;1-2H2;1H2/b15-13+;;;. The molecular formula is C35H53N5O2. The van der Waals surface area contributed by atoms with Crippen molar-refractivity contribution in [2.24, 2.45) is 10.7 Å². The van der Waals surface area contributed by atoms with E-state index in [1.54, 1.807) is 18.3 Å². The molecule has 0 spiro atoms. The number of nitrogens with two attached hydrogens (primary N) is 1. The molecule has 230 valence electrons. The molecule has 0 radical (unpaired) electrons. The number of rotatable bonds is 10. The lowest BCUT2D eigenvalue weighted by molar-refractivity contribution is -0.112. The number of hydrogen-bond donors (Lipinski definition) is 2. The molecule has 7 nitrogen and oxygen atoms in total. The van der Waals surface area contributed by atoms with E-state index in [4.69, 9.17) is 10.5 Å². The summed E-state index contributed by atoms with van der Waals surface area (Å²) in [6.07, 6.45) is 5.69. The molecule has 0 saturated carbocycles. The fraction of sp³-hybridized carbons (Fsp3) is 0.400. The van der Waals surface area contributed by atoms with Crippen LogP contribution in [-0.4, -0.2) is 67.1 Å². The first kappa shape index (κ1) is 38.2. The van der Waals surface area contributed by atoms with Crippen molar-refractivity contribution in [3.8, 4) is 0 Å². The van der Waals surface area contributed by atoms with Gasteiger partial charge in [0, 0.05) is 17.9 Å². The molecule has 42 heavy (non-hydrogen) atoms. The Morgan fingerprint density at radius 1 is 1.02 bits per heavy atom. The molecule has 0 bridgehead atoms. The smallest absolute Gasteiger partial charge is 0.258 e. The molecule has 0 aliphatic carbocycles. The van der Waals surface area contributed by atoms with Crippen LogP contribution in [0.25, 0.3) is 5.57 Å². The molecule has 1 fully saturated rings. The molecule has 1 aliphatic rings. The van der Waals surface area contributed by atoms with Crippen LogP contribution in [0.15, 0.2) is 91.1 Å². The monoisotopic (exact) mass is 575 g/mol. The van der Waals surface area contributed by atoms with E-state index in [1.807, 2.05) is 63.1 Å². The van der Waals surface area contributed by atoms with Gasteiger partial charge >= 0.3 is 0 Å². The quantitative estimate of drug-likeness (QED) is 0.142. The fourth-order valence-electron chi connectivity index (χ4n) is 4.54. The van der Waals surface area contributed by atoms with Crippen molar-refractivity contribution >= 4 is 29.8 Å². The van der Waals surface area contributed by atoms with Gasteiger partial charge in [0.1, 0.15) is 12.6 Å². The van der Waals surface area contributed by atoms with E-state index in [2.05, 4.69) is 60.6 Å². The van der Waals surface area contributed by atoms with Gasteiger partial charge < -0.3 is 25.6 Å². The molecule has 1 amide bonds. The van der Waals surface area contributed by atoms with Crippen molar-refractivity contribution in [3.05, 3.63) is 97.2 Å². The molecule has 2 aromatic rings. The van der Waals surface area contributed by atoms with Gasteiger partial charge in [-0.25, -0.2) is 4.99 Å². The highest BCUT2D eigenvalue weighted by Crippen LogP contribution is 2.16. The van der Waals surface area contributed by atoms with E-state index in [9.17, 15) is 4.79 Å². The van der Waals surface area contributed by atoms with E-state index in [-0.39, 0.29) is 17.3 Å². The number of anilines is 1. The number of aryl methyl sites for hydroxylation is 1. The minimum atomic E-state index is -0.371. The molecule has 3 N–H and O–H groups in total. The number of allylic oxidation sites excluding steroid dienone is 1. The number of likely N-dealkylation sites (tertiary alicyclic amines) is 1. The molecule has 1 heterocycles. The van der Waals surface area contributed by atoms with Gasteiger partial charge in [0.2, 0.25) is 0 Å². The maximum atomic E-state index is 12.1. The number of amides is 1. The predicted molar refractivity (Wildman–Crippen MR) is 182 cm³/mol. The highest BCUT2D eigenvalue weighted by atomic mass is 16.1. The third-order valence-corrected chi connectivity index (χ3v) is 6.94. The fourth-order valence-corrected chi connectivity index (χ4v) is 4.54. The summed E-state index contributed by atoms with van der Waals surface area (Å²) in [5, 5.41) is 2.73. The van der Waals surface area contributed by atoms with Gasteiger partial charge in [-0.05, 0) is 89.1 Å². The highest BCUT2D eigenvalue weighted by molar-refractivity contribution is 6.23. The lowest BCUT2D eigenvalue weighted by atomic mass is 10.0. The third kappa shape index (κ3) is 14.2. The number of aliphatic imine (C=N–C) groups is 1. The lowest BCUT2D eigenvalue weighted by Gasteiger charge is -2.37. The van der Waals surface area contributed by atoms with Crippen LogP contribution in [0.5, 0.6) is 0 Å². The Balaban J connectivity index is 0.000000795. The van der Waals surface area contributed by atoms with Crippen molar-refractivity contribution in [1.29, 1.82) is 0 Å². The molecule has 3 rings (SSSR count). The molecule has 0 atom stereocenters. The summed E-state index contributed by atoms with van der Waals surface area (Å²) in [5.41, 5.74) is 9.88. The summed E-state index contributed by atoms with van der Waals surface area (Å²) in [6, 6.07) is 18.1. The number of nitrogens with zero attached hydrogens (tertiary/aromatic N) is 3. The minimum absolute atomic E-state index is 0.0925. The summed E-state index contributed by atoms with van der Waals surface area (Å²) in [5.74, 6) is -0.279. The second-order valence-corrected chi connectivity index (χ2v) is 9.79. The van der Waals surface area contributed by atoms with Crippen molar-refractivity contribution in [1.82, 2.24) is 9.80 Å². The zero-order chi connectivity index (χ0) is 31.9. The summed E-state index contributed by atoms with van der Waals surface area (Å²) < 4.78 is 0. The zero-order valence-electron chi connectivity index (χ0n) is 26.6. The van der Waals surface area contributed by atoms with Crippen LogP contribution < -0.4 is 11.1 Å². The number of hydrogen-bond acceptors (Lipinski definition) is 5. The molecule has 0 unspecified atom stereocenters. The third-order valence-electron chi connectivity index (χ3n) is 6.94. The van der Waals surface area contributed by atoms with Crippen molar-refractivity contribution in [2.45, 2.75) is 59.9 Å². The number of carbonyl (C=O) groups is 2. The average molecular weight is 576 g/mol. The van der Waals surface area contributed by atoms with Gasteiger partial charge in [0.25, 0.3) is 5.91 Å². The first-order valence-electron chi connectivity index (χ1n) is 14.7. The van der Waals surface area contributed by atoms with E-state index in [0.717, 1.165) is 17.2 Å². The van der Waals surface area contributed by atoms with Gasteiger partial charge in [0.15, 0.2) is 0 Å². The summed E-state index contributed by atoms with van der Waals surface area (Å²) in [7, 11) is 0. The van der Waals surface area contributed by atoms with Gasteiger partial charge in [-0.15, -0.1) is 13.2 Å². The lowest BCUT2D eigenvalue weighted by Crippen LogP contribution is -2.44. The van der Waals surface area contributed by atoms with Crippen molar-refractivity contribution < 1.29 is 9.59 Å². The van der Waals surface area contributed by atoms with E-state index in [1.165, 1.54) is 57.5 Å². The van der Waals surface area contributed by atoms with E-state index < -0.39 is 0 Å².